The Bertz CT molecular complexity index is 560. The number of thiophene rings is 1. The van der Waals surface area contributed by atoms with Gasteiger partial charge in [-0.25, -0.2) is 0 Å². The van der Waals surface area contributed by atoms with E-state index in [1.165, 1.54) is 23.5 Å². The molecule has 0 saturated carbocycles. The minimum atomic E-state index is -4.38. The van der Waals surface area contributed by atoms with E-state index in [0.717, 1.165) is 22.9 Å². The Morgan fingerprint density at radius 2 is 1.89 bits per heavy atom. The van der Waals surface area contributed by atoms with Crippen LogP contribution in [0.15, 0.2) is 35.7 Å². The number of aryl methyl sites for hydroxylation is 1. The van der Waals surface area contributed by atoms with Crippen molar-refractivity contribution >= 4 is 11.3 Å². The van der Waals surface area contributed by atoms with Crippen LogP contribution in [0, 0.1) is 0 Å². The van der Waals surface area contributed by atoms with Gasteiger partial charge in [0.15, 0.2) is 0 Å². The Labute approximate surface area is 113 Å². The minimum absolute atomic E-state index is 0.132. The van der Waals surface area contributed by atoms with E-state index in [2.05, 4.69) is 0 Å². The van der Waals surface area contributed by atoms with Crippen LogP contribution in [0.1, 0.15) is 34.5 Å². The first-order chi connectivity index (χ1) is 8.95. The van der Waals surface area contributed by atoms with Crippen LogP contribution in [0.2, 0.25) is 0 Å². The Balaban J connectivity index is 2.48. The van der Waals surface area contributed by atoms with Crippen molar-refractivity contribution in [2.24, 2.45) is 5.73 Å². The summed E-state index contributed by atoms with van der Waals surface area (Å²) in [5, 5.41) is 1.87. The molecule has 0 bridgehead atoms. The van der Waals surface area contributed by atoms with E-state index in [0.29, 0.717) is 0 Å². The normalized spacial score (nSPS) is 13.5. The van der Waals surface area contributed by atoms with Crippen molar-refractivity contribution in [3.05, 3.63) is 57.3 Å². The molecule has 19 heavy (non-hydrogen) atoms. The van der Waals surface area contributed by atoms with E-state index in [-0.39, 0.29) is 5.56 Å². The third-order valence-electron chi connectivity index (χ3n) is 3.05. The lowest BCUT2D eigenvalue weighted by Gasteiger charge is -2.18. The molecule has 102 valence electrons. The monoisotopic (exact) mass is 285 g/mol. The standard InChI is InChI=1S/C14H14F3NS/c1-2-9-7-8-19-13(9)12(18)10-5-3-4-6-11(10)14(15,16)17/h3-8,12H,2,18H2,1H3. The van der Waals surface area contributed by atoms with Gasteiger partial charge in [0, 0.05) is 4.88 Å². The highest BCUT2D eigenvalue weighted by Gasteiger charge is 2.34. The van der Waals surface area contributed by atoms with E-state index in [4.69, 9.17) is 5.73 Å². The molecule has 5 heteroatoms. The van der Waals surface area contributed by atoms with Crippen LogP contribution in [-0.4, -0.2) is 0 Å². The number of halogens is 3. The fourth-order valence-corrected chi connectivity index (χ4v) is 3.10. The third-order valence-corrected chi connectivity index (χ3v) is 4.09. The van der Waals surface area contributed by atoms with Gasteiger partial charge in [0.05, 0.1) is 11.6 Å². The van der Waals surface area contributed by atoms with Crippen molar-refractivity contribution in [2.45, 2.75) is 25.6 Å². The predicted molar refractivity (Wildman–Crippen MR) is 71.2 cm³/mol. The van der Waals surface area contributed by atoms with Crippen molar-refractivity contribution in [3.63, 3.8) is 0 Å². The lowest BCUT2D eigenvalue weighted by Crippen LogP contribution is -2.18. The molecule has 0 aliphatic rings. The zero-order valence-corrected chi connectivity index (χ0v) is 11.2. The molecule has 1 atom stereocenters. The highest BCUT2D eigenvalue weighted by atomic mass is 32.1. The van der Waals surface area contributed by atoms with Gasteiger partial charge in [0.2, 0.25) is 0 Å². The van der Waals surface area contributed by atoms with Crippen LogP contribution in [-0.2, 0) is 12.6 Å². The summed E-state index contributed by atoms with van der Waals surface area (Å²) >= 11 is 1.40. The van der Waals surface area contributed by atoms with Crippen LogP contribution >= 0.6 is 11.3 Å². The maximum atomic E-state index is 13.0. The number of nitrogens with two attached hydrogens (primary N) is 1. The zero-order chi connectivity index (χ0) is 14.0. The zero-order valence-electron chi connectivity index (χ0n) is 10.4. The van der Waals surface area contributed by atoms with E-state index >= 15 is 0 Å². The summed E-state index contributed by atoms with van der Waals surface area (Å²) in [6, 6.07) is 6.68. The summed E-state index contributed by atoms with van der Waals surface area (Å²) < 4.78 is 38.9. The van der Waals surface area contributed by atoms with Gasteiger partial charge in [-0.15, -0.1) is 11.3 Å². The molecule has 1 unspecified atom stereocenters. The molecule has 0 radical (unpaired) electrons. The Morgan fingerprint density at radius 3 is 2.53 bits per heavy atom. The van der Waals surface area contributed by atoms with Crippen LogP contribution in [0.3, 0.4) is 0 Å². The fraction of sp³-hybridized carbons (Fsp3) is 0.286. The van der Waals surface area contributed by atoms with E-state index in [9.17, 15) is 13.2 Å². The van der Waals surface area contributed by atoms with Crippen molar-refractivity contribution in [3.8, 4) is 0 Å². The summed E-state index contributed by atoms with van der Waals surface area (Å²) in [5.74, 6) is 0. The van der Waals surface area contributed by atoms with Gasteiger partial charge < -0.3 is 5.73 Å². The largest absolute Gasteiger partial charge is 0.416 e. The predicted octanol–water partition coefficient (Wildman–Crippen LogP) is 4.38. The highest BCUT2D eigenvalue weighted by Crippen LogP contribution is 2.37. The van der Waals surface area contributed by atoms with E-state index < -0.39 is 17.8 Å². The van der Waals surface area contributed by atoms with Crippen LogP contribution in [0.25, 0.3) is 0 Å². The first-order valence-electron chi connectivity index (χ1n) is 5.93. The summed E-state index contributed by atoms with van der Waals surface area (Å²) in [5.41, 5.74) is 6.53. The smallest absolute Gasteiger partial charge is 0.320 e. The molecule has 0 saturated heterocycles. The van der Waals surface area contributed by atoms with Crippen molar-refractivity contribution in [2.75, 3.05) is 0 Å². The molecule has 2 aromatic rings. The van der Waals surface area contributed by atoms with Gasteiger partial charge in [0.1, 0.15) is 0 Å². The lowest BCUT2D eigenvalue weighted by atomic mass is 9.97. The lowest BCUT2D eigenvalue weighted by molar-refractivity contribution is -0.138. The molecule has 1 aromatic heterocycles. The molecule has 0 fully saturated rings. The minimum Gasteiger partial charge on any atom is -0.320 e. The van der Waals surface area contributed by atoms with E-state index in [1.54, 1.807) is 6.07 Å². The molecule has 1 aromatic carbocycles. The van der Waals surface area contributed by atoms with Gasteiger partial charge in [-0.3, -0.25) is 0 Å². The SMILES string of the molecule is CCc1ccsc1C(N)c1ccccc1C(F)(F)F. The van der Waals surface area contributed by atoms with Gasteiger partial charge in [-0.05, 0) is 35.1 Å². The average molecular weight is 285 g/mol. The molecule has 0 amide bonds. The summed E-state index contributed by atoms with van der Waals surface area (Å²) in [6.07, 6.45) is -3.61. The molecule has 2 rings (SSSR count). The van der Waals surface area contributed by atoms with Crippen LogP contribution in [0.4, 0.5) is 13.2 Å². The maximum absolute atomic E-state index is 13.0. The second-order valence-electron chi connectivity index (χ2n) is 4.23. The average Bonchev–Trinajstić information content (AvgIpc) is 2.85. The van der Waals surface area contributed by atoms with Gasteiger partial charge in [-0.2, -0.15) is 13.2 Å². The van der Waals surface area contributed by atoms with E-state index in [1.807, 2.05) is 18.4 Å². The number of benzene rings is 1. The number of hydrogen-bond acceptors (Lipinski definition) is 2. The summed E-state index contributed by atoms with van der Waals surface area (Å²) in [4.78, 5) is 0.805. The maximum Gasteiger partial charge on any atom is 0.416 e. The molecular formula is C14H14F3NS. The van der Waals surface area contributed by atoms with Gasteiger partial charge in [-0.1, -0.05) is 25.1 Å². The topological polar surface area (TPSA) is 26.0 Å². The third kappa shape index (κ3) is 2.82. The fourth-order valence-electron chi connectivity index (χ4n) is 2.08. The molecule has 0 spiro atoms. The van der Waals surface area contributed by atoms with Gasteiger partial charge in [0.25, 0.3) is 0 Å². The molecule has 1 heterocycles. The molecular weight excluding hydrogens is 271 g/mol. The Hall–Kier alpha value is -1.33. The van der Waals surface area contributed by atoms with Gasteiger partial charge >= 0.3 is 6.18 Å². The van der Waals surface area contributed by atoms with Crippen molar-refractivity contribution in [1.29, 1.82) is 0 Å². The number of hydrogen-bond donors (Lipinski definition) is 1. The molecule has 1 nitrogen and oxygen atoms in total. The van der Waals surface area contributed by atoms with Crippen molar-refractivity contribution in [1.82, 2.24) is 0 Å². The van der Waals surface area contributed by atoms with Crippen molar-refractivity contribution < 1.29 is 13.2 Å². The van der Waals surface area contributed by atoms with Crippen LogP contribution < -0.4 is 5.73 Å². The Morgan fingerprint density at radius 1 is 1.21 bits per heavy atom. The second-order valence-corrected chi connectivity index (χ2v) is 5.17. The number of alkyl halides is 3. The highest BCUT2D eigenvalue weighted by molar-refractivity contribution is 7.10. The number of rotatable bonds is 3. The van der Waals surface area contributed by atoms with Crippen LogP contribution in [0.5, 0.6) is 0 Å². The summed E-state index contributed by atoms with van der Waals surface area (Å²) in [6.45, 7) is 1.97. The molecule has 0 aliphatic carbocycles. The Kier molecular flexibility index (Phi) is 3.96. The summed E-state index contributed by atoms with van der Waals surface area (Å²) in [7, 11) is 0. The first kappa shape index (κ1) is 14.1. The molecule has 2 N–H and O–H groups in total. The first-order valence-corrected chi connectivity index (χ1v) is 6.81. The quantitative estimate of drug-likeness (QED) is 0.890. The second kappa shape index (κ2) is 5.35. The molecule has 0 aliphatic heterocycles.